The van der Waals surface area contributed by atoms with Crippen LogP contribution in [-0.2, 0) is 9.53 Å². The lowest BCUT2D eigenvalue weighted by atomic mass is 10.1. The molecule has 13 heavy (non-hydrogen) atoms. The van der Waals surface area contributed by atoms with Gasteiger partial charge in [0.2, 0.25) is 0 Å². The molecular formula is C8H13NO3S. The summed E-state index contributed by atoms with van der Waals surface area (Å²) in [4.78, 5) is 21.7. The van der Waals surface area contributed by atoms with Crippen LogP contribution in [0.2, 0.25) is 0 Å². The largest absolute Gasteiger partial charge is 0.453 e. The predicted octanol–water partition coefficient (Wildman–Crippen LogP) is 0.967. The van der Waals surface area contributed by atoms with Crippen molar-refractivity contribution in [2.24, 2.45) is 5.92 Å². The second-order valence-electron chi connectivity index (χ2n) is 3.18. The third-order valence-electron chi connectivity index (χ3n) is 2.29. The van der Waals surface area contributed by atoms with E-state index in [9.17, 15) is 9.59 Å². The van der Waals surface area contributed by atoms with Crippen molar-refractivity contribution in [2.45, 2.75) is 25.3 Å². The summed E-state index contributed by atoms with van der Waals surface area (Å²) in [5.74, 6) is -0.00881. The second kappa shape index (κ2) is 4.50. The highest BCUT2D eigenvalue weighted by Crippen LogP contribution is 2.27. The van der Waals surface area contributed by atoms with E-state index in [-0.39, 0.29) is 17.1 Å². The van der Waals surface area contributed by atoms with E-state index in [1.807, 2.05) is 0 Å². The molecule has 2 unspecified atom stereocenters. The standard InChI is InChI=1S/C8H13NO3S/c1-12-8(11)9-6-3-2-5(4-6)7(10)13/h5-6H,2-4H2,1H3,(H,9,11)(H,10,13). The summed E-state index contributed by atoms with van der Waals surface area (Å²) in [6, 6.07) is 0.0635. The van der Waals surface area contributed by atoms with Crippen LogP contribution in [-0.4, -0.2) is 24.4 Å². The van der Waals surface area contributed by atoms with Crippen LogP contribution in [0.4, 0.5) is 4.79 Å². The van der Waals surface area contributed by atoms with Crippen LogP contribution < -0.4 is 5.32 Å². The highest BCUT2D eigenvalue weighted by atomic mass is 32.1. The van der Waals surface area contributed by atoms with Gasteiger partial charge in [0, 0.05) is 12.0 Å². The van der Waals surface area contributed by atoms with Crippen LogP contribution in [0, 0.1) is 5.92 Å². The normalized spacial score (nSPS) is 26.9. The third kappa shape index (κ3) is 2.91. The van der Waals surface area contributed by atoms with Crippen molar-refractivity contribution in [3.05, 3.63) is 0 Å². The molecule has 0 heterocycles. The van der Waals surface area contributed by atoms with E-state index in [0.717, 1.165) is 12.8 Å². The molecule has 0 spiro atoms. The number of ether oxygens (including phenoxy) is 1. The molecule has 0 aromatic rings. The zero-order chi connectivity index (χ0) is 9.84. The van der Waals surface area contributed by atoms with Crippen LogP contribution in [0.5, 0.6) is 0 Å². The van der Waals surface area contributed by atoms with E-state index < -0.39 is 6.09 Å². The molecule has 0 aliphatic heterocycles. The highest BCUT2D eigenvalue weighted by Gasteiger charge is 2.29. The fraction of sp³-hybridized carbons (Fsp3) is 0.750. The fourth-order valence-corrected chi connectivity index (χ4v) is 1.80. The number of nitrogens with one attached hydrogen (secondary N) is 1. The van der Waals surface area contributed by atoms with Gasteiger partial charge in [-0.2, -0.15) is 0 Å². The number of carbonyl (C=O) groups excluding carboxylic acids is 2. The monoisotopic (exact) mass is 203 g/mol. The summed E-state index contributed by atoms with van der Waals surface area (Å²) in [7, 11) is 1.32. The Kier molecular flexibility index (Phi) is 3.59. The van der Waals surface area contributed by atoms with Gasteiger partial charge in [-0.3, -0.25) is 4.79 Å². The first-order valence-electron chi connectivity index (χ1n) is 4.20. The van der Waals surface area contributed by atoms with Gasteiger partial charge >= 0.3 is 6.09 Å². The Bertz CT molecular complexity index is 219. The van der Waals surface area contributed by atoms with Crippen molar-refractivity contribution in [3.8, 4) is 0 Å². The first kappa shape index (κ1) is 10.4. The Balaban J connectivity index is 2.33. The van der Waals surface area contributed by atoms with Gasteiger partial charge in [0.1, 0.15) is 0 Å². The summed E-state index contributed by atoms with van der Waals surface area (Å²) in [5.41, 5.74) is 0. The SMILES string of the molecule is COC(=O)NC1CCC(C(=O)S)C1. The molecule has 0 saturated heterocycles. The third-order valence-corrected chi connectivity index (χ3v) is 2.65. The maximum atomic E-state index is 10.9. The van der Waals surface area contributed by atoms with Crippen molar-refractivity contribution < 1.29 is 14.3 Å². The van der Waals surface area contributed by atoms with Crippen LogP contribution in [0.1, 0.15) is 19.3 Å². The minimum atomic E-state index is -0.433. The minimum absolute atomic E-state index is 0.00881. The van der Waals surface area contributed by atoms with Gasteiger partial charge in [-0.15, -0.1) is 12.6 Å². The molecule has 0 radical (unpaired) electrons. The van der Waals surface area contributed by atoms with Gasteiger partial charge in [-0.05, 0) is 19.3 Å². The Morgan fingerprint density at radius 3 is 2.62 bits per heavy atom. The lowest BCUT2D eigenvalue weighted by Gasteiger charge is -2.10. The predicted molar refractivity (Wildman–Crippen MR) is 50.7 cm³/mol. The van der Waals surface area contributed by atoms with Gasteiger partial charge < -0.3 is 10.1 Å². The Hall–Kier alpha value is -0.710. The lowest BCUT2D eigenvalue weighted by molar-refractivity contribution is -0.114. The molecule has 5 heteroatoms. The van der Waals surface area contributed by atoms with E-state index in [1.165, 1.54) is 7.11 Å². The topological polar surface area (TPSA) is 55.4 Å². The number of carbonyl (C=O) groups is 2. The molecule has 1 aliphatic carbocycles. The highest BCUT2D eigenvalue weighted by molar-refractivity contribution is 7.96. The minimum Gasteiger partial charge on any atom is -0.453 e. The maximum Gasteiger partial charge on any atom is 0.407 e. The zero-order valence-corrected chi connectivity index (χ0v) is 8.34. The summed E-state index contributed by atoms with van der Waals surface area (Å²) >= 11 is 3.76. The van der Waals surface area contributed by atoms with E-state index >= 15 is 0 Å². The quantitative estimate of drug-likeness (QED) is 0.657. The molecule has 1 N–H and O–H groups in total. The second-order valence-corrected chi connectivity index (χ2v) is 3.62. The van der Waals surface area contributed by atoms with E-state index in [2.05, 4.69) is 22.7 Å². The molecule has 1 saturated carbocycles. The van der Waals surface area contributed by atoms with E-state index in [4.69, 9.17) is 0 Å². The Morgan fingerprint density at radius 2 is 2.15 bits per heavy atom. The number of rotatable bonds is 2. The van der Waals surface area contributed by atoms with E-state index in [1.54, 1.807) is 0 Å². The molecular weight excluding hydrogens is 190 g/mol. The van der Waals surface area contributed by atoms with Gasteiger partial charge in [-0.25, -0.2) is 4.79 Å². The number of thiol groups is 1. The van der Waals surface area contributed by atoms with Gasteiger partial charge in [0.05, 0.1) is 7.11 Å². The first-order chi connectivity index (χ1) is 6.13. The fourth-order valence-electron chi connectivity index (χ4n) is 1.56. The average Bonchev–Trinajstić information content (AvgIpc) is 2.52. The van der Waals surface area contributed by atoms with Crippen LogP contribution in [0.25, 0.3) is 0 Å². The Labute approximate surface area is 82.4 Å². The van der Waals surface area contributed by atoms with Crippen molar-refractivity contribution in [1.29, 1.82) is 0 Å². The molecule has 4 nitrogen and oxygen atoms in total. The summed E-state index contributed by atoms with van der Waals surface area (Å²) in [6.07, 6.45) is 1.87. The van der Waals surface area contributed by atoms with Gasteiger partial charge in [0.25, 0.3) is 0 Å². The molecule has 1 rings (SSSR count). The lowest BCUT2D eigenvalue weighted by Crippen LogP contribution is -2.32. The first-order valence-corrected chi connectivity index (χ1v) is 4.65. The molecule has 1 aliphatic rings. The van der Waals surface area contributed by atoms with Crippen molar-refractivity contribution in [1.82, 2.24) is 5.32 Å². The number of hydrogen-bond acceptors (Lipinski definition) is 3. The van der Waals surface area contributed by atoms with Crippen LogP contribution in [0.15, 0.2) is 0 Å². The number of methoxy groups -OCH3 is 1. The number of alkyl carbamates (subject to hydrolysis) is 1. The van der Waals surface area contributed by atoms with Gasteiger partial charge in [0.15, 0.2) is 5.12 Å². The maximum absolute atomic E-state index is 10.9. The smallest absolute Gasteiger partial charge is 0.407 e. The van der Waals surface area contributed by atoms with Crippen LogP contribution in [0.3, 0.4) is 0 Å². The average molecular weight is 203 g/mol. The zero-order valence-electron chi connectivity index (χ0n) is 7.45. The number of hydrogen-bond donors (Lipinski definition) is 2. The molecule has 74 valence electrons. The van der Waals surface area contributed by atoms with Crippen molar-refractivity contribution >= 4 is 23.8 Å². The molecule has 0 aromatic heterocycles. The molecule has 0 aromatic carbocycles. The molecule has 1 fully saturated rings. The molecule has 1 amide bonds. The van der Waals surface area contributed by atoms with E-state index in [0.29, 0.717) is 6.42 Å². The molecule has 0 bridgehead atoms. The summed E-state index contributed by atoms with van der Waals surface area (Å²) in [5, 5.41) is 2.58. The van der Waals surface area contributed by atoms with Crippen molar-refractivity contribution in [2.75, 3.05) is 7.11 Å². The summed E-state index contributed by atoms with van der Waals surface area (Å²) < 4.78 is 4.45. The summed E-state index contributed by atoms with van der Waals surface area (Å²) in [6.45, 7) is 0. The number of amides is 1. The van der Waals surface area contributed by atoms with Gasteiger partial charge in [-0.1, -0.05) is 0 Å². The van der Waals surface area contributed by atoms with Crippen molar-refractivity contribution in [3.63, 3.8) is 0 Å². The Morgan fingerprint density at radius 1 is 1.46 bits per heavy atom. The molecule has 2 atom stereocenters. The van der Waals surface area contributed by atoms with Crippen LogP contribution >= 0.6 is 12.6 Å².